The van der Waals surface area contributed by atoms with Crippen molar-refractivity contribution in [3.8, 4) is 0 Å². The Labute approximate surface area is 143 Å². The van der Waals surface area contributed by atoms with Crippen molar-refractivity contribution in [1.29, 1.82) is 0 Å². The van der Waals surface area contributed by atoms with Gasteiger partial charge >= 0.3 is 6.03 Å². The third kappa shape index (κ3) is 3.64. The molecule has 2 aliphatic heterocycles. The summed E-state index contributed by atoms with van der Waals surface area (Å²) in [4.78, 5) is 14.6. The van der Waals surface area contributed by atoms with Crippen LogP contribution in [0.2, 0.25) is 0 Å². The maximum absolute atomic E-state index is 12.7. The summed E-state index contributed by atoms with van der Waals surface area (Å²) >= 11 is 0. The number of rotatable bonds is 3. The number of benzene rings is 1. The average molecular weight is 326 g/mol. The van der Waals surface area contributed by atoms with Crippen molar-refractivity contribution >= 4 is 11.6 Å². The topological polar surface area (TPSA) is 41.6 Å². The van der Waals surface area contributed by atoms with Gasteiger partial charge in [-0.2, -0.15) is 0 Å². The van der Waals surface area contributed by atoms with Gasteiger partial charge in [-0.1, -0.05) is 36.4 Å². The molecular weight excluding hydrogens is 300 g/mol. The zero-order valence-corrected chi connectivity index (χ0v) is 14.1. The molecule has 2 amide bonds. The summed E-state index contributed by atoms with van der Waals surface area (Å²) in [6.07, 6.45) is 8.05. The molecular formula is C20H26N2O2. The van der Waals surface area contributed by atoms with Crippen molar-refractivity contribution in [3.63, 3.8) is 0 Å². The zero-order chi connectivity index (χ0) is 16.4. The summed E-state index contributed by atoms with van der Waals surface area (Å²) in [6.45, 7) is 2.28. The molecule has 1 saturated heterocycles. The number of hydrogen-bond donors (Lipinski definition) is 1. The molecule has 1 aliphatic carbocycles. The summed E-state index contributed by atoms with van der Waals surface area (Å²) < 4.78 is 5.86. The van der Waals surface area contributed by atoms with Crippen molar-refractivity contribution in [2.24, 2.45) is 5.92 Å². The molecule has 4 heteroatoms. The number of carbonyl (C=O) groups excluding carboxylic acids is 1. The normalized spacial score (nSPS) is 27.5. The highest BCUT2D eigenvalue weighted by molar-refractivity contribution is 5.79. The molecule has 1 aromatic rings. The number of hydrogen-bond acceptors (Lipinski definition) is 2. The Balaban J connectivity index is 1.34. The van der Waals surface area contributed by atoms with Crippen molar-refractivity contribution in [3.05, 3.63) is 42.0 Å². The van der Waals surface area contributed by atoms with Crippen molar-refractivity contribution < 1.29 is 9.53 Å². The van der Waals surface area contributed by atoms with Crippen LogP contribution in [0.15, 0.2) is 36.4 Å². The van der Waals surface area contributed by atoms with Crippen LogP contribution in [0.4, 0.5) is 4.79 Å². The van der Waals surface area contributed by atoms with Crippen LogP contribution in [0.3, 0.4) is 0 Å². The summed E-state index contributed by atoms with van der Waals surface area (Å²) in [5.41, 5.74) is 2.47. The fraction of sp³-hybridized carbons (Fsp3) is 0.550. The molecule has 4 nitrogen and oxygen atoms in total. The number of ether oxygens (including phenoxy) is 1. The number of carbonyl (C=O) groups is 1. The second kappa shape index (κ2) is 6.98. The molecule has 0 bridgehead atoms. The molecule has 2 fully saturated rings. The summed E-state index contributed by atoms with van der Waals surface area (Å²) in [5, 5.41) is 3.25. The Morgan fingerprint density at radius 2 is 2.00 bits per heavy atom. The van der Waals surface area contributed by atoms with E-state index < -0.39 is 0 Å². The molecule has 0 aromatic heterocycles. The standard InChI is InChI=1S/C20H26N2O2/c23-20(21-18-10-12-24-19(13-18)16-8-9-16)22-11-4-7-17(14-22)15-5-2-1-3-6-15/h1-3,5-7,16,18-19H,4,8-14H2,(H,21,23)/t18-,19-/m1/s1. The fourth-order valence-electron chi connectivity index (χ4n) is 3.80. The van der Waals surface area contributed by atoms with Gasteiger partial charge in [-0.25, -0.2) is 4.79 Å². The Kier molecular flexibility index (Phi) is 4.56. The Hall–Kier alpha value is -1.81. The lowest BCUT2D eigenvalue weighted by Gasteiger charge is -2.33. The van der Waals surface area contributed by atoms with Gasteiger partial charge < -0.3 is 15.0 Å². The lowest BCUT2D eigenvalue weighted by Crippen LogP contribution is -2.49. The van der Waals surface area contributed by atoms with E-state index in [2.05, 4.69) is 35.7 Å². The first kappa shape index (κ1) is 15.7. The minimum atomic E-state index is 0.0815. The minimum absolute atomic E-state index is 0.0815. The lowest BCUT2D eigenvalue weighted by atomic mass is 10.00. The van der Waals surface area contributed by atoms with E-state index in [9.17, 15) is 4.79 Å². The third-order valence-corrected chi connectivity index (χ3v) is 5.37. The average Bonchev–Trinajstić information content (AvgIpc) is 3.48. The smallest absolute Gasteiger partial charge is 0.317 e. The van der Waals surface area contributed by atoms with Crippen LogP contribution < -0.4 is 5.32 Å². The highest BCUT2D eigenvalue weighted by atomic mass is 16.5. The van der Waals surface area contributed by atoms with E-state index in [0.717, 1.165) is 38.3 Å². The molecule has 2 heterocycles. The van der Waals surface area contributed by atoms with Gasteiger partial charge in [0, 0.05) is 25.7 Å². The molecule has 4 rings (SSSR count). The molecule has 0 radical (unpaired) electrons. The van der Waals surface area contributed by atoms with Gasteiger partial charge in [0.25, 0.3) is 0 Å². The molecule has 3 aliphatic rings. The van der Waals surface area contributed by atoms with E-state index in [4.69, 9.17) is 4.74 Å². The molecule has 0 spiro atoms. The molecule has 0 unspecified atom stereocenters. The number of amides is 2. The van der Waals surface area contributed by atoms with Gasteiger partial charge in [0.2, 0.25) is 0 Å². The van der Waals surface area contributed by atoms with Crippen LogP contribution in [0, 0.1) is 5.92 Å². The molecule has 2 atom stereocenters. The second-order valence-electron chi connectivity index (χ2n) is 7.22. The highest BCUT2D eigenvalue weighted by Crippen LogP contribution is 2.38. The first-order valence-electron chi connectivity index (χ1n) is 9.21. The summed E-state index contributed by atoms with van der Waals surface area (Å²) in [7, 11) is 0. The Morgan fingerprint density at radius 3 is 2.79 bits per heavy atom. The van der Waals surface area contributed by atoms with Crippen LogP contribution >= 0.6 is 0 Å². The van der Waals surface area contributed by atoms with E-state index >= 15 is 0 Å². The molecule has 128 valence electrons. The van der Waals surface area contributed by atoms with Gasteiger partial charge in [0.1, 0.15) is 0 Å². The van der Waals surface area contributed by atoms with Crippen molar-refractivity contribution in [1.82, 2.24) is 10.2 Å². The number of nitrogens with zero attached hydrogens (tertiary/aromatic N) is 1. The fourth-order valence-corrected chi connectivity index (χ4v) is 3.80. The van der Waals surface area contributed by atoms with Gasteiger partial charge in [0.15, 0.2) is 0 Å². The predicted octanol–water partition coefficient (Wildman–Crippen LogP) is 3.44. The first-order valence-corrected chi connectivity index (χ1v) is 9.21. The third-order valence-electron chi connectivity index (χ3n) is 5.37. The van der Waals surface area contributed by atoms with E-state index in [1.807, 2.05) is 11.0 Å². The summed E-state index contributed by atoms with van der Waals surface area (Å²) in [6, 6.07) is 10.7. The molecule has 1 saturated carbocycles. The summed E-state index contributed by atoms with van der Waals surface area (Å²) in [5.74, 6) is 0.743. The molecule has 1 aromatic carbocycles. The SMILES string of the molecule is O=C(N[C@@H]1CCO[C@@H](C2CC2)C1)N1CCC=C(c2ccccc2)C1. The van der Waals surface area contributed by atoms with E-state index in [1.165, 1.54) is 24.0 Å². The van der Waals surface area contributed by atoms with Crippen LogP contribution in [0.1, 0.15) is 37.7 Å². The van der Waals surface area contributed by atoms with Crippen LogP contribution in [0.5, 0.6) is 0 Å². The van der Waals surface area contributed by atoms with E-state index in [1.54, 1.807) is 0 Å². The number of nitrogens with one attached hydrogen (secondary N) is 1. The Bertz CT molecular complexity index is 609. The van der Waals surface area contributed by atoms with Crippen molar-refractivity contribution in [2.75, 3.05) is 19.7 Å². The maximum atomic E-state index is 12.7. The molecule has 1 N–H and O–H groups in total. The Morgan fingerprint density at radius 1 is 1.17 bits per heavy atom. The first-order chi connectivity index (χ1) is 11.8. The van der Waals surface area contributed by atoms with Gasteiger partial charge in [-0.15, -0.1) is 0 Å². The van der Waals surface area contributed by atoms with E-state index in [-0.39, 0.29) is 12.1 Å². The monoisotopic (exact) mass is 326 g/mol. The number of urea groups is 1. The zero-order valence-electron chi connectivity index (χ0n) is 14.1. The van der Waals surface area contributed by atoms with Gasteiger partial charge in [0.05, 0.1) is 6.10 Å². The van der Waals surface area contributed by atoms with E-state index in [0.29, 0.717) is 12.6 Å². The minimum Gasteiger partial charge on any atom is -0.378 e. The van der Waals surface area contributed by atoms with Crippen molar-refractivity contribution in [2.45, 2.75) is 44.2 Å². The van der Waals surface area contributed by atoms with Crippen LogP contribution in [-0.4, -0.2) is 42.8 Å². The highest BCUT2D eigenvalue weighted by Gasteiger charge is 2.36. The van der Waals surface area contributed by atoms with Crippen LogP contribution in [-0.2, 0) is 4.74 Å². The predicted molar refractivity (Wildman–Crippen MR) is 94.6 cm³/mol. The second-order valence-corrected chi connectivity index (χ2v) is 7.22. The largest absolute Gasteiger partial charge is 0.378 e. The molecule has 24 heavy (non-hydrogen) atoms. The lowest BCUT2D eigenvalue weighted by molar-refractivity contribution is -0.00975. The maximum Gasteiger partial charge on any atom is 0.317 e. The quantitative estimate of drug-likeness (QED) is 0.924. The van der Waals surface area contributed by atoms with Gasteiger partial charge in [-0.3, -0.25) is 0 Å². The van der Waals surface area contributed by atoms with Crippen LogP contribution in [0.25, 0.3) is 5.57 Å². The van der Waals surface area contributed by atoms with Gasteiger partial charge in [-0.05, 0) is 49.2 Å².